The van der Waals surface area contributed by atoms with Crippen LogP contribution in [0.1, 0.15) is 25.0 Å². The monoisotopic (exact) mass is 330 g/mol. The molecule has 1 aromatic heterocycles. The van der Waals surface area contributed by atoms with Crippen molar-refractivity contribution in [3.8, 4) is 0 Å². The molecule has 2 rings (SSSR count). The molecule has 0 aliphatic carbocycles. The van der Waals surface area contributed by atoms with Crippen molar-refractivity contribution in [2.24, 2.45) is 0 Å². The number of carbonyl (C=O) groups excluding carboxylic acids is 2. The Kier molecular flexibility index (Phi) is 5.52. The van der Waals surface area contributed by atoms with Gasteiger partial charge in [0.2, 0.25) is 0 Å². The van der Waals surface area contributed by atoms with Gasteiger partial charge >= 0.3 is 11.9 Å². The number of aryl methyl sites for hydroxylation is 1. The van der Waals surface area contributed by atoms with Gasteiger partial charge in [-0.25, -0.2) is 9.59 Å². The zero-order valence-corrected chi connectivity index (χ0v) is 13.8. The van der Waals surface area contributed by atoms with E-state index in [1.54, 1.807) is 26.0 Å². The van der Waals surface area contributed by atoms with Crippen LogP contribution in [-0.4, -0.2) is 25.2 Å². The highest BCUT2D eigenvalue weighted by Crippen LogP contribution is 2.15. The van der Waals surface area contributed by atoms with E-state index in [1.165, 1.54) is 6.26 Å². The number of benzene rings is 1. The van der Waals surface area contributed by atoms with Crippen LogP contribution in [0.4, 0.5) is 0 Å². The molecule has 0 saturated carbocycles. The number of carbonyl (C=O) groups is 2. The topological polar surface area (TPSA) is 82.8 Å². The molecule has 0 aliphatic heterocycles. The number of rotatable bonds is 5. The summed E-state index contributed by atoms with van der Waals surface area (Å²) in [5.41, 5.74) is 0.705. The van der Waals surface area contributed by atoms with E-state index in [9.17, 15) is 14.4 Å². The summed E-state index contributed by atoms with van der Waals surface area (Å²) in [6, 6.07) is 5.20. The third-order valence-corrected chi connectivity index (χ3v) is 3.25. The maximum atomic E-state index is 12.6. The molecular formula is C18H18O6. The van der Waals surface area contributed by atoms with Crippen molar-refractivity contribution in [1.82, 2.24) is 0 Å². The molecule has 0 fully saturated rings. The molecule has 0 radical (unpaired) electrons. The smallest absolute Gasteiger partial charge is 0.345 e. The zero-order valence-electron chi connectivity index (χ0n) is 13.8. The highest BCUT2D eigenvalue weighted by molar-refractivity contribution is 6.17. The molecule has 126 valence electrons. The summed E-state index contributed by atoms with van der Waals surface area (Å²) in [5, 5.41) is 0.371. The van der Waals surface area contributed by atoms with E-state index in [0.29, 0.717) is 11.0 Å². The number of hydrogen-bond acceptors (Lipinski definition) is 6. The highest BCUT2D eigenvalue weighted by Gasteiger charge is 2.22. The lowest BCUT2D eigenvalue weighted by Crippen LogP contribution is -2.19. The third kappa shape index (κ3) is 3.71. The summed E-state index contributed by atoms with van der Waals surface area (Å²) in [5.74, 6) is -1.70. The Morgan fingerprint density at radius 1 is 1.12 bits per heavy atom. The van der Waals surface area contributed by atoms with E-state index in [0.717, 1.165) is 11.6 Å². The fourth-order valence-electron chi connectivity index (χ4n) is 2.13. The quantitative estimate of drug-likeness (QED) is 0.363. The molecule has 0 atom stereocenters. The van der Waals surface area contributed by atoms with Crippen LogP contribution in [0, 0.1) is 6.92 Å². The van der Waals surface area contributed by atoms with Gasteiger partial charge in [-0.2, -0.15) is 0 Å². The summed E-state index contributed by atoms with van der Waals surface area (Å²) < 4.78 is 15.1. The predicted octanol–water partition coefficient (Wildman–Crippen LogP) is 2.61. The van der Waals surface area contributed by atoms with Gasteiger partial charge in [-0.1, -0.05) is 11.6 Å². The SMILES string of the molecule is CCOC(=O)C(=Cc1coc2ccc(C)cc2c1=O)C(=O)OCC. The standard InChI is InChI=1S/C18H18O6/c1-4-22-17(20)14(18(21)23-5-2)9-12-10-24-15-7-6-11(3)8-13(15)16(12)19/h6-10H,4-5H2,1-3H3. The fraction of sp³-hybridized carbons (Fsp3) is 0.278. The molecule has 6 nitrogen and oxygen atoms in total. The van der Waals surface area contributed by atoms with Crippen LogP contribution in [0.15, 0.2) is 39.2 Å². The van der Waals surface area contributed by atoms with Crippen LogP contribution in [0.2, 0.25) is 0 Å². The fourth-order valence-corrected chi connectivity index (χ4v) is 2.13. The van der Waals surface area contributed by atoms with E-state index < -0.39 is 11.9 Å². The van der Waals surface area contributed by atoms with Crippen LogP contribution in [0.5, 0.6) is 0 Å². The van der Waals surface area contributed by atoms with E-state index >= 15 is 0 Å². The Labute approximate surface area is 138 Å². The normalized spacial score (nSPS) is 10.3. The molecule has 0 amide bonds. The van der Waals surface area contributed by atoms with Crippen molar-refractivity contribution >= 4 is 29.0 Å². The third-order valence-electron chi connectivity index (χ3n) is 3.25. The molecule has 0 bridgehead atoms. The first-order valence-electron chi connectivity index (χ1n) is 7.56. The zero-order chi connectivity index (χ0) is 17.7. The van der Waals surface area contributed by atoms with Gasteiger partial charge in [0.25, 0.3) is 0 Å². The molecule has 2 aromatic rings. The second-order valence-electron chi connectivity index (χ2n) is 5.02. The second-order valence-corrected chi connectivity index (χ2v) is 5.02. The maximum Gasteiger partial charge on any atom is 0.345 e. The molecule has 1 aromatic carbocycles. The van der Waals surface area contributed by atoms with E-state index in [-0.39, 0.29) is 29.8 Å². The van der Waals surface area contributed by atoms with Gasteiger partial charge in [-0.15, -0.1) is 0 Å². The van der Waals surface area contributed by atoms with Gasteiger partial charge in [0.1, 0.15) is 17.4 Å². The summed E-state index contributed by atoms with van der Waals surface area (Å²) in [6.45, 7) is 5.29. The lowest BCUT2D eigenvalue weighted by atomic mass is 10.1. The minimum Gasteiger partial charge on any atom is -0.463 e. The molecule has 1 heterocycles. The summed E-state index contributed by atoms with van der Waals surface area (Å²) in [6.07, 6.45) is 2.35. The van der Waals surface area contributed by atoms with Crippen molar-refractivity contribution in [3.05, 3.63) is 51.4 Å². The Morgan fingerprint density at radius 2 is 1.75 bits per heavy atom. The Balaban J connectivity index is 2.57. The molecule has 24 heavy (non-hydrogen) atoms. The number of esters is 2. The molecule has 0 unspecified atom stereocenters. The lowest BCUT2D eigenvalue weighted by Gasteiger charge is -2.06. The first-order valence-corrected chi connectivity index (χ1v) is 7.56. The van der Waals surface area contributed by atoms with Crippen LogP contribution in [0.3, 0.4) is 0 Å². The molecule has 6 heteroatoms. The number of fused-ring (bicyclic) bond motifs is 1. The van der Waals surface area contributed by atoms with Crippen LogP contribution >= 0.6 is 0 Å². The lowest BCUT2D eigenvalue weighted by molar-refractivity contribution is -0.146. The second kappa shape index (κ2) is 7.59. The van der Waals surface area contributed by atoms with E-state index in [2.05, 4.69) is 0 Å². The molecule has 0 N–H and O–H groups in total. The Hall–Kier alpha value is -2.89. The van der Waals surface area contributed by atoms with Crippen LogP contribution in [-0.2, 0) is 19.1 Å². The van der Waals surface area contributed by atoms with Crippen molar-refractivity contribution in [3.63, 3.8) is 0 Å². The minimum absolute atomic E-state index is 0.0733. The van der Waals surface area contributed by atoms with Gasteiger partial charge in [-0.05, 0) is 39.0 Å². The van der Waals surface area contributed by atoms with Crippen LogP contribution in [0.25, 0.3) is 17.0 Å². The van der Waals surface area contributed by atoms with Gasteiger partial charge in [0, 0.05) is 0 Å². The van der Waals surface area contributed by atoms with Crippen LogP contribution < -0.4 is 5.43 Å². The van der Waals surface area contributed by atoms with Gasteiger partial charge in [0.15, 0.2) is 5.43 Å². The minimum atomic E-state index is -0.848. The van der Waals surface area contributed by atoms with Crippen molar-refractivity contribution < 1.29 is 23.5 Å². The van der Waals surface area contributed by atoms with Crippen molar-refractivity contribution in [1.29, 1.82) is 0 Å². The summed E-state index contributed by atoms with van der Waals surface area (Å²) in [7, 11) is 0. The Morgan fingerprint density at radius 3 is 2.33 bits per heavy atom. The predicted molar refractivity (Wildman–Crippen MR) is 88.5 cm³/mol. The first-order chi connectivity index (χ1) is 11.5. The summed E-state index contributed by atoms with van der Waals surface area (Å²) >= 11 is 0. The van der Waals surface area contributed by atoms with E-state index in [4.69, 9.17) is 13.9 Å². The van der Waals surface area contributed by atoms with Crippen molar-refractivity contribution in [2.75, 3.05) is 13.2 Å². The largest absolute Gasteiger partial charge is 0.463 e. The number of hydrogen-bond donors (Lipinski definition) is 0. The average molecular weight is 330 g/mol. The van der Waals surface area contributed by atoms with E-state index in [1.807, 2.05) is 13.0 Å². The maximum absolute atomic E-state index is 12.6. The van der Waals surface area contributed by atoms with Gasteiger partial charge < -0.3 is 13.9 Å². The van der Waals surface area contributed by atoms with Gasteiger partial charge in [-0.3, -0.25) is 4.79 Å². The van der Waals surface area contributed by atoms with Gasteiger partial charge in [0.05, 0.1) is 24.2 Å². The molecule has 0 spiro atoms. The summed E-state index contributed by atoms with van der Waals surface area (Å²) in [4.78, 5) is 36.5. The molecule has 0 saturated heterocycles. The number of ether oxygens (including phenoxy) is 2. The highest BCUT2D eigenvalue weighted by atomic mass is 16.6. The Bertz CT molecular complexity index is 839. The molecular weight excluding hydrogens is 312 g/mol. The average Bonchev–Trinajstić information content (AvgIpc) is 2.55. The molecule has 0 aliphatic rings. The first kappa shape index (κ1) is 17.5. The van der Waals surface area contributed by atoms with Crippen molar-refractivity contribution in [2.45, 2.75) is 20.8 Å².